The molecule has 3 fully saturated rings. The second-order valence-electron chi connectivity index (χ2n) is 24.2. The lowest BCUT2D eigenvalue weighted by Crippen LogP contribution is -2.42. The Kier molecular flexibility index (Phi) is 22.2. The molecule has 10 rings (SSSR count). The lowest BCUT2D eigenvalue weighted by Gasteiger charge is -2.35. The van der Waals surface area contributed by atoms with Crippen molar-refractivity contribution in [1.82, 2.24) is 39.9 Å². The number of aromatic hydroxyl groups is 1. The predicted octanol–water partition coefficient (Wildman–Crippen LogP) is 10.1. The molecule has 5 aliphatic rings. The maximum atomic E-state index is 12.8. The topological polar surface area (TPSA) is 217 Å². The van der Waals surface area contributed by atoms with Crippen LogP contribution in [0.15, 0.2) is 104 Å². The van der Waals surface area contributed by atoms with Crippen molar-refractivity contribution in [2.75, 3.05) is 79.4 Å². The van der Waals surface area contributed by atoms with Crippen LogP contribution in [0, 0.1) is 0 Å². The standard InChI is InChI=1S/C29H37N3O6.C22H25N3O3.C16H25BN2O3.CH4/c1-7-31(8-2)26(33)22-13-12-20(17-30-22)21-16-29(14-15-32(18-29)27(34)38-28(3,4)5)37-24-11-9-10-23(25(21)24)36-19-35-6;1-3-25(4-2)21(27)17-9-8-15(13-24-17)16-12-22(10-11-23-14-22)28-19-7-5-6-18(26)20(16)19;1-7-19(8-2)14(20)13-10-9-12(11-18-13)17-21-15(3,4)16(5,6)22-17;/h9-13,16-17H,7-8,14-15,18-19H2,1-6H3;5-9,12-13,23,26H,3-4,10-11,14H2,1-2H3;9-11H,7-8H2,1-6H3;1H4. The number of likely N-dealkylation sites (tertiary alicyclic amines) is 1. The molecule has 2 spiro atoms. The Labute approximate surface area is 526 Å². The zero-order valence-corrected chi connectivity index (χ0v) is 53.7. The number of carbonyl (C=O) groups excluding carboxylic acids is 4. The highest BCUT2D eigenvalue weighted by atomic mass is 16.7. The number of methoxy groups -OCH3 is 1. The van der Waals surface area contributed by atoms with E-state index < -0.39 is 23.9 Å². The monoisotopic (exact) mass is 1220 g/mol. The number of hydrogen-bond donors (Lipinski definition) is 2. The first-order valence-corrected chi connectivity index (χ1v) is 30.6. The first-order valence-electron chi connectivity index (χ1n) is 30.6. The first-order chi connectivity index (χ1) is 41.9. The van der Waals surface area contributed by atoms with Crippen molar-refractivity contribution >= 4 is 47.5 Å². The molecule has 8 heterocycles. The summed E-state index contributed by atoms with van der Waals surface area (Å²) in [5.41, 5.74) is 4.44. The molecule has 0 radical (unpaired) electrons. The van der Waals surface area contributed by atoms with Crippen LogP contribution in [0.5, 0.6) is 23.0 Å². The molecular formula is C68H91BN8O12. The van der Waals surface area contributed by atoms with E-state index in [2.05, 4.69) is 26.3 Å². The summed E-state index contributed by atoms with van der Waals surface area (Å²) in [5.74, 6) is 1.87. The third kappa shape index (κ3) is 15.4. The summed E-state index contributed by atoms with van der Waals surface area (Å²) < 4.78 is 41.4. The zero-order chi connectivity index (χ0) is 63.8. The van der Waals surface area contributed by atoms with Crippen molar-refractivity contribution in [1.29, 1.82) is 0 Å². The number of fused-ring (bicyclic) bond motifs is 2. The van der Waals surface area contributed by atoms with Crippen LogP contribution in [0.1, 0.15) is 164 Å². The fourth-order valence-electron chi connectivity index (χ4n) is 11.0. The molecule has 5 aliphatic heterocycles. The van der Waals surface area contributed by atoms with E-state index in [0.29, 0.717) is 98.7 Å². The molecule has 0 aliphatic carbocycles. The van der Waals surface area contributed by atoms with Gasteiger partial charge in [0.05, 0.1) is 28.9 Å². The lowest BCUT2D eigenvalue weighted by molar-refractivity contribution is 0.00578. The van der Waals surface area contributed by atoms with Gasteiger partial charge in [-0.1, -0.05) is 37.8 Å². The second kappa shape index (κ2) is 28.8. The van der Waals surface area contributed by atoms with E-state index >= 15 is 0 Å². The smallest absolute Gasteiger partial charge is 0.496 e. The number of aromatic nitrogens is 3. The molecule has 0 saturated carbocycles. The Bertz CT molecular complexity index is 3320. The molecule has 4 amide bonds. The van der Waals surface area contributed by atoms with Gasteiger partial charge in [0.1, 0.15) is 56.9 Å². The molecule has 2 N–H and O–H groups in total. The van der Waals surface area contributed by atoms with Gasteiger partial charge in [0, 0.05) is 107 Å². The van der Waals surface area contributed by atoms with Crippen molar-refractivity contribution in [3.8, 4) is 23.0 Å². The Morgan fingerprint density at radius 3 is 1.60 bits per heavy atom. The maximum absolute atomic E-state index is 12.8. The fourth-order valence-corrected chi connectivity index (χ4v) is 11.0. The Hall–Kier alpha value is -7.85. The highest BCUT2D eigenvalue weighted by molar-refractivity contribution is 6.62. The van der Waals surface area contributed by atoms with E-state index in [4.69, 9.17) is 33.0 Å². The Balaban J connectivity index is 0.000000197. The van der Waals surface area contributed by atoms with Crippen LogP contribution in [0.25, 0.3) is 11.1 Å². The van der Waals surface area contributed by atoms with Gasteiger partial charge in [0.15, 0.2) is 6.79 Å². The maximum Gasteiger partial charge on any atom is 0.496 e. The number of rotatable bonds is 15. The number of carbonyl (C=O) groups is 4. The summed E-state index contributed by atoms with van der Waals surface area (Å²) in [7, 11) is 1.12. The summed E-state index contributed by atoms with van der Waals surface area (Å²) in [6.45, 7) is 31.8. The number of hydrogen-bond acceptors (Lipinski definition) is 16. The molecule has 89 heavy (non-hydrogen) atoms. The van der Waals surface area contributed by atoms with Gasteiger partial charge in [-0.15, -0.1) is 0 Å². The number of nitrogens with zero attached hydrogens (tertiary/aromatic N) is 7. The van der Waals surface area contributed by atoms with E-state index in [-0.39, 0.29) is 55.0 Å². The number of benzene rings is 2. The van der Waals surface area contributed by atoms with Crippen LogP contribution in [-0.4, -0.2) is 178 Å². The van der Waals surface area contributed by atoms with Crippen molar-refractivity contribution in [2.45, 2.75) is 138 Å². The van der Waals surface area contributed by atoms with Gasteiger partial charge in [0.2, 0.25) is 0 Å². The van der Waals surface area contributed by atoms with E-state index in [1.165, 1.54) is 0 Å². The summed E-state index contributed by atoms with van der Waals surface area (Å²) in [5, 5.41) is 13.8. The number of phenols is 1. The van der Waals surface area contributed by atoms with Gasteiger partial charge in [0.25, 0.3) is 17.7 Å². The van der Waals surface area contributed by atoms with Gasteiger partial charge in [-0.2, -0.15) is 0 Å². The second-order valence-corrected chi connectivity index (χ2v) is 24.2. The summed E-state index contributed by atoms with van der Waals surface area (Å²) >= 11 is 0. The zero-order valence-electron chi connectivity index (χ0n) is 53.7. The minimum absolute atomic E-state index is 0. The Morgan fingerprint density at radius 1 is 0.652 bits per heavy atom. The largest absolute Gasteiger partial charge is 0.507 e. The van der Waals surface area contributed by atoms with Gasteiger partial charge in [-0.3, -0.25) is 29.3 Å². The molecule has 2 aromatic carbocycles. The molecular weight excluding hydrogens is 1130 g/mol. The predicted molar refractivity (Wildman–Crippen MR) is 345 cm³/mol. The molecule has 5 aromatic rings. The quantitative estimate of drug-likeness (QED) is 0.0736. The molecule has 3 saturated heterocycles. The summed E-state index contributed by atoms with van der Waals surface area (Å²) in [6.07, 6.45) is 10.3. The van der Waals surface area contributed by atoms with Crippen LogP contribution >= 0.6 is 0 Å². The third-order valence-electron chi connectivity index (χ3n) is 16.6. The molecule has 20 nitrogen and oxygen atoms in total. The first kappa shape index (κ1) is 68.6. The number of nitrogens with one attached hydrogen (secondary N) is 1. The van der Waals surface area contributed by atoms with Crippen molar-refractivity contribution in [2.24, 2.45) is 0 Å². The van der Waals surface area contributed by atoms with Crippen molar-refractivity contribution < 1.29 is 57.3 Å². The number of amides is 4. The SMILES string of the molecule is C.CCN(CC)C(=O)c1ccc(B2OC(C)(C)C(C)(C)O2)cn1.CCN(CC)C(=O)c1ccc(C2=CC3(CCN(C(=O)OC(C)(C)C)C3)Oc3cccc(OCOC)c32)cn1.CCN(CC)C(=O)c1ccc(C2=CC3(CCNC3)Oc3cccc(O)c32)cn1. The molecule has 2 atom stereocenters. The Morgan fingerprint density at radius 2 is 1.13 bits per heavy atom. The molecule has 0 bridgehead atoms. The minimum atomic E-state index is -0.741. The van der Waals surface area contributed by atoms with Crippen LogP contribution in [0.4, 0.5) is 4.79 Å². The molecule has 3 aromatic heterocycles. The summed E-state index contributed by atoms with van der Waals surface area (Å²) in [6, 6.07) is 21.8. The normalized spacial score (nSPS) is 19.1. The van der Waals surface area contributed by atoms with Crippen molar-refractivity contribution in [3.63, 3.8) is 0 Å². The van der Waals surface area contributed by atoms with Gasteiger partial charge < -0.3 is 63.0 Å². The van der Waals surface area contributed by atoms with E-state index in [0.717, 1.165) is 52.8 Å². The van der Waals surface area contributed by atoms with Crippen LogP contribution in [0.2, 0.25) is 0 Å². The van der Waals surface area contributed by atoms with E-state index in [9.17, 15) is 24.3 Å². The molecule has 478 valence electrons. The van der Waals surface area contributed by atoms with Crippen LogP contribution < -0.4 is 25.0 Å². The number of ether oxygens (including phenoxy) is 5. The molecule has 21 heteroatoms. The van der Waals surface area contributed by atoms with Gasteiger partial charge in [-0.05, 0) is 162 Å². The third-order valence-corrected chi connectivity index (χ3v) is 16.6. The number of phenolic OH excluding ortho intramolecular Hbond substituents is 1. The van der Waals surface area contributed by atoms with Crippen LogP contribution in [-0.2, 0) is 18.8 Å². The number of pyridine rings is 3. The lowest BCUT2D eigenvalue weighted by atomic mass is 9.80. The van der Waals surface area contributed by atoms with E-state index in [1.54, 1.807) is 75.6 Å². The summed E-state index contributed by atoms with van der Waals surface area (Å²) in [4.78, 5) is 70.5. The fraction of sp³-hybridized carbons (Fsp3) is 0.485. The molecule has 2 unspecified atom stereocenters. The highest BCUT2D eigenvalue weighted by Crippen LogP contribution is 2.48. The minimum Gasteiger partial charge on any atom is -0.507 e. The van der Waals surface area contributed by atoms with E-state index in [1.807, 2.05) is 139 Å². The van der Waals surface area contributed by atoms with Gasteiger partial charge >= 0.3 is 13.2 Å². The highest BCUT2D eigenvalue weighted by Gasteiger charge is 2.52. The van der Waals surface area contributed by atoms with Crippen molar-refractivity contribution in [3.05, 3.63) is 143 Å². The average Bonchev–Trinajstić information content (AvgIpc) is 1.76. The van der Waals surface area contributed by atoms with Crippen LogP contribution in [0.3, 0.4) is 0 Å². The van der Waals surface area contributed by atoms with Gasteiger partial charge in [-0.25, -0.2) is 4.79 Å². The average molecular weight is 1220 g/mol.